The number of anilines is 1. The topological polar surface area (TPSA) is 67.3 Å². The SMILES string of the molecule is O[C@@H]1CCCCC1CNc1nc2ccc(Oc3cncc(Br)c3)cc2s1. The first kappa shape index (κ1) is 17.7. The molecule has 1 saturated carbocycles. The molecule has 1 aliphatic carbocycles. The van der Waals surface area contributed by atoms with Crippen LogP contribution in [0, 0.1) is 5.92 Å². The molecular formula is C19H20BrN3O2S. The Morgan fingerprint density at radius 1 is 1.19 bits per heavy atom. The van der Waals surface area contributed by atoms with Crippen LogP contribution in [0.2, 0.25) is 0 Å². The van der Waals surface area contributed by atoms with Crippen molar-refractivity contribution >= 4 is 42.6 Å². The summed E-state index contributed by atoms with van der Waals surface area (Å²) < 4.78 is 7.83. The normalized spacial score (nSPS) is 20.2. The number of aromatic nitrogens is 2. The van der Waals surface area contributed by atoms with E-state index in [1.54, 1.807) is 23.7 Å². The summed E-state index contributed by atoms with van der Waals surface area (Å²) >= 11 is 5.00. The summed E-state index contributed by atoms with van der Waals surface area (Å²) in [5.41, 5.74) is 0.946. The smallest absolute Gasteiger partial charge is 0.183 e. The highest BCUT2D eigenvalue weighted by molar-refractivity contribution is 9.10. The number of nitrogens with zero attached hydrogens (tertiary/aromatic N) is 2. The molecule has 136 valence electrons. The molecule has 2 N–H and O–H groups in total. The molecule has 3 aromatic rings. The summed E-state index contributed by atoms with van der Waals surface area (Å²) in [6.45, 7) is 0.772. The number of halogens is 1. The number of hydrogen-bond donors (Lipinski definition) is 2. The van der Waals surface area contributed by atoms with Crippen LogP contribution < -0.4 is 10.1 Å². The molecule has 0 aliphatic heterocycles. The van der Waals surface area contributed by atoms with Crippen molar-refractivity contribution in [3.63, 3.8) is 0 Å². The third kappa shape index (κ3) is 4.16. The predicted octanol–water partition coefficient (Wildman–Crippen LogP) is 5.21. The average molecular weight is 434 g/mol. The molecule has 0 spiro atoms. The van der Waals surface area contributed by atoms with Gasteiger partial charge in [-0.15, -0.1) is 0 Å². The Bertz CT molecular complexity index is 901. The second kappa shape index (κ2) is 7.90. The maximum Gasteiger partial charge on any atom is 0.183 e. The number of aliphatic hydroxyl groups is 1. The van der Waals surface area contributed by atoms with Crippen LogP contribution in [0.15, 0.2) is 41.1 Å². The summed E-state index contributed by atoms with van der Waals surface area (Å²) in [6, 6.07) is 7.76. The molecule has 0 bridgehead atoms. The number of ether oxygens (including phenoxy) is 1. The Morgan fingerprint density at radius 3 is 2.92 bits per heavy atom. The lowest BCUT2D eigenvalue weighted by atomic mass is 9.86. The highest BCUT2D eigenvalue weighted by Gasteiger charge is 2.22. The Labute approximate surface area is 164 Å². The molecule has 1 aliphatic rings. The van der Waals surface area contributed by atoms with Crippen molar-refractivity contribution in [2.24, 2.45) is 5.92 Å². The first-order valence-corrected chi connectivity index (χ1v) is 10.4. The van der Waals surface area contributed by atoms with E-state index in [0.29, 0.717) is 11.7 Å². The molecule has 2 atom stereocenters. The zero-order valence-corrected chi connectivity index (χ0v) is 16.6. The molecular weight excluding hydrogens is 414 g/mol. The Kier molecular flexibility index (Phi) is 5.38. The first-order chi connectivity index (χ1) is 12.7. The van der Waals surface area contributed by atoms with E-state index >= 15 is 0 Å². The summed E-state index contributed by atoms with van der Waals surface area (Å²) in [5.74, 6) is 1.77. The van der Waals surface area contributed by atoms with Gasteiger partial charge in [0.05, 0.1) is 22.5 Å². The van der Waals surface area contributed by atoms with E-state index in [2.05, 4.69) is 31.2 Å². The molecule has 26 heavy (non-hydrogen) atoms. The fourth-order valence-corrected chi connectivity index (χ4v) is 4.52. The lowest BCUT2D eigenvalue weighted by molar-refractivity contribution is 0.0763. The van der Waals surface area contributed by atoms with Crippen LogP contribution in [-0.4, -0.2) is 27.7 Å². The molecule has 0 saturated heterocycles. The molecule has 0 radical (unpaired) electrons. The zero-order chi connectivity index (χ0) is 17.9. The van der Waals surface area contributed by atoms with Crippen molar-refractivity contribution < 1.29 is 9.84 Å². The van der Waals surface area contributed by atoms with Gasteiger partial charge in [0, 0.05) is 29.2 Å². The van der Waals surface area contributed by atoms with E-state index < -0.39 is 0 Å². The van der Waals surface area contributed by atoms with Gasteiger partial charge < -0.3 is 15.2 Å². The molecule has 5 nitrogen and oxygen atoms in total. The van der Waals surface area contributed by atoms with Crippen molar-refractivity contribution in [1.29, 1.82) is 0 Å². The van der Waals surface area contributed by atoms with Gasteiger partial charge >= 0.3 is 0 Å². The number of rotatable bonds is 5. The van der Waals surface area contributed by atoms with E-state index in [0.717, 1.165) is 51.4 Å². The van der Waals surface area contributed by atoms with Crippen molar-refractivity contribution in [2.75, 3.05) is 11.9 Å². The number of thiazole rings is 1. The number of aliphatic hydroxyl groups excluding tert-OH is 1. The second-order valence-corrected chi connectivity index (χ2v) is 8.53. The number of nitrogens with one attached hydrogen (secondary N) is 1. The summed E-state index contributed by atoms with van der Waals surface area (Å²) in [4.78, 5) is 8.74. The van der Waals surface area contributed by atoms with Crippen molar-refractivity contribution in [1.82, 2.24) is 9.97 Å². The van der Waals surface area contributed by atoms with E-state index in [9.17, 15) is 5.11 Å². The van der Waals surface area contributed by atoms with E-state index in [1.165, 1.54) is 6.42 Å². The standard InChI is InChI=1S/C19H20BrN3O2S/c20-13-7-15(11-21-10-13)25-14-5-6-16-18(8-14)26-19(23-16)22-9-12-3-1-2-4-17(12)24/h5-8,10-12,17,24H,1-4,9H2,(H,22,23)/t12?,17-/m1/s1. The van der Waals surface area contributed by atoms with Gasteiger partial charge in [0.1, 0.15) is 11.5 Å². The van der Waals surface area contributed by atoms with Crippen LogP contribution >= 0.6 is 27.3 Å². The average Bonchev–Trinajstić information content (AvgIpc) is 3.03. The Hall–Kier alpha value is -1.70. The fraction of sp³-hybridized carbons (Fsp3) is 0.368. The van der Waals surface area contributed by atoms with Gasteiger partial charge in [0.15, 0.2) is 5.13 Å². The van der Waals surface area contributed by atoms with Gasteiger partial charge in [-0.2, -0.15) is 0 Å². The minimum atomic E-state index is -0.190. The van der Waals surface area contributed by atoms with Gasteiger partial charge in [-0.3, -0.25) is 4.98 Å². The summed E-state index contributed by atoms with van der Waals surface area (Å²) in [6.07, 6.45) is 7.55. The van der Waals surface area contributed by atoms with Crippen LogP contribution in [0.25, 0.3) is 10.2 Å². The molecule has 7 heteroatoms. The summed E-state index contributed by atoms with van der Waals surface area (Å²) in [7, 11) is 0. The van der Waals surface area contributed by atoms with Crippen molar-refractivity contribution in [2.45, 2.75) is 31.8 Å². The Balaban J connectivity index is 1.45. The number of hydrogen-bond acceptors (Lipinski definition) is 6. The highest BCUT2D eigenvalue weighted by Crippen LogP contribution is 2.32. The van der Waals surface area contributed by atoms with E-state index in [1.807, 2.05) is 24.3 Å². The fourth-order valence-electron chi connectivity index (χ4n) is 3.27. The van der Waals surface area contributed by atoms with Crippen molar-refractivity contribution in [3.8, 4) is 11.5 Å². The zero-order valence-electron chi connectivity index (χ0n) is 14.2. The molecule has 4 rings (SSSR count). The van der Waals surface area contributed by atoms with Gasteiger partial charge in [0.2, 0.25) is 0 Å². The maximum atomic E-state index is 10.1. The van der Waals surface area contributed by atoms with Crippen LogP contribution in [0.5, 0.6) is 11.5 Å². The monoisotopic (exact) mass is 433 g/mol. The van der Waals surface area contributed by atoms with Gasteiger partial charge in [0.25, 0.3) is 0 Å². The lowest BCUT2D eigenvalue weighted by Crippen LogP contribution is -2.30. The van der Waals surface area contributed by atoms with E-state index in [4.69, 9.17) is 4.74 Å². The van der Waals surface area contributed by atoms with Crippen LogP contribution in [-0.2, 0) is 0 Å². The minimum Gasteiger partial charge on any atom is -0.456 e. The highest BCUT2D eigenvalue weighted by atomic mass is 79.9. The maximum absolute atomic E-state index is 10.1. The Morgan fingerprint density at radius 2 is 2.08 bits per heavy atom. The molecule has 2 heterocycles. The first-order valence-electron chi connectivity index (χ1n) is 8.78. The third-order valence-corrected chi connectivity index (χ3v) is 6.07. The van der Waals surface area contributed by atoms with Gasteiger partial charge in [-0.1, -0.05) is 24.2 Å². The molecule has 1 aromatic carbocycles. The van der Waals surface area contributed by atoms with Gasteiger partial charge in [-0.05, 0) is 47.0 Å². The number of pyridine rings is 1. The van der Waals surface area contributed by atoms with Crippen LogP contribution in [0.3, 0.4) is 0 Å². The molecule has 1 unspecified atom stereocenters. The third-order valence-electron chi connectivity index (χ3n) is 4.66. The lowest BCUT2D eigenvalue weighted by Gasteiger charge is -2.27. The predicted molar refractivity (Wildman–Crippen MR) is 108 cm³/mol. The second-order valence-electron chi connectivity index (χ2n) is 6.58. The number of benzene rings is 1. The van der Waals surface area contributed by atoms with E-state index in [-0.39, 0.29) is 6.10 Å². The van der Waals surface area contributed by atoms with Crippen molar-refractivity contribution in [3.05, 3.63) is 41.1 Å². The van der Waals surface area contributed by atoms with Gasteiger partial charge in [-0.25, -0.2) is 4.98 Å². The largest absolute Gasteiger partial charge is 0.456 e. The minimum absolute atomic E-state index is 0.190. The molecule has 1 fully saturated rings. The number of fused-ring (bicyclic) bond motifs is 1. The van der Waals surface area contributed by atoms with Crippen LogP contribution in [0.1, 0.15) is 25.7 Å². The molecule has 0 amide bonds. The molecule has 2 aromatic heterocycles. The summed E-state index contributed by atoms with van der Waals surface area (Å²) in [5, 5.41) is 14.4. The quantitative estimate of drug-likeness (QED) is 0.577. The van der Waals surface area contributed by atoms with Crippen LogP contribution in [0.4, 0.5) is 5.13 Å².